The van der Waals surface area contributed by atoms with Gasteiger partial charge in [-0.05, 0) is 24.5 Å². The number of benzene rings is 1. The van der Waals surface area contributed by atoms with E-state index in [0.717, 1.165) is 28.7 Å². The summed E-state index contributed by atoms with van der Waals surface area (Å²) in [4.78, 5) is 2.12. The van der Waals surface area contributed by atoms with Gasteiger partial charge in [0.1, 0.15) is 0 Å². The van der Waals surface area contributed by atoms with Gasteiger partial charge in [-0.15, -0.1) is 0 Å². The van der Waals surface area contributed by atoms with E-state index >= 15 is 0 Å². The largest absolute Gasteiger partial charge is 0.397 e. The molecule has 78 valence electrons. The molecule has 0 fully saturated rings. The van der Waals surface area contributed by atoms with Crippen LogP contribution in [-0.2, 0) is 0 Å². The van der Waals surface area contributed by atoms with Gasteiger partial charge >= 0.3 is 0 Å². The van der Waals surface area contributed by atoms with E-state index in [1.54, 1.807) is 0 Å². The van der Waals surface area contributed by atoms with Gasteiger partial charge < -0.3 is 10.6 Å². The van der Waals surface area contributed by atoms with Gasteiger partial charge in [0.25, 0.3) is 0 Å². The molecule has 0 unspecified atom stereocenters. The molecule has 0 aromatic heterocycles. The first kappa shape index (κ1) is 11.5. The standard InChI is InChI=1S/C10H15ClN2S/c1-13(5-6-14-2)10-7-8(11)3-4-9(10)12/h3-4,7H,5-6,12H2,1-2H3. The summed E-state index contributed by atoms with van der Waals surface area (Å²) < 4.78 is 0. The zero-order valence-corrected chi connectivity index (χ0v) is 10.0. The molecule has 1 aromatic rings. The smallest absolute Gasteiger partial charge is 0.0612 e. The van der Waals surface area contributed by atoms with E-state index < -0.39 is 0 Å². The summed E-state index contributed by atoms with van der Waals surface area (Å²) in [5, 5.41) is 0.727. The van der Waals surface area contributed by atoms with E-state index in [9.17, 15) is 0 Å². The number of nitrogen functional groups attached to an aromatic ring is 1. The lowest BCUT2D eigenvalue weighted by Gasteiger charge is -2.20. The first-order valence-electron chi connectivity index (χ1n) is 4.40. The van der Waals surface area contributed by atoms with Crippen molar-refractivity contribution in [3.63, 3.8) is 0 Å². The quantitative estimate of drug-likeness (QED) is 0.807. The fourth-order valence-corrected chi connectivity index (χ4v) is 1.82. The molecule has 2 N–H and O–H groups in total. The van der Waals surface area contributed by atoms with Crippen molar-refractivity contribution in [1.82, 2.24) is 0 Å². The van der Waals surface area contributed by atoms with Crippen LogP contribution in [0.1, 0.15) is 0 Å². The predicted molar refractivity (Wildman–Crippen MR) is 67.5 cm³/mol. The maximum atomic E-state index is 5.91. The molecule has 0 aliphatic heterocycles. The Morgan fingerprint density at radius 2 is 2.21 bits per heavy atom. The van der Waals surface area contributed by atoms with Gasteiger partial charge in [-0.2, -0.15) is 11.8 Å². The van der Waals surface area contributed by atoms with Crippen LogP contribution in [0.25, 0.3) is 0 Å². The monoisotopic (exact) mass is 230 g/mol. The van der Waals surface area contributed by atoms with Gasteiger partial charge in [0, 0.05) is 24.4 Å². The summed E-state index contributed by atoms with van der Waals surface area (Å²) in [6, 6.07) is 5.55. The molecular weight excluding hydrogens is 216 g/mol. The number of rotatable bonds is 4. The summed E-state index contributed by atoms with van der Waals surface area (Å²) in [5.41, 5.74) is 7.64. The Bertz CT molecular complexity index is 304. The van der Waals surface area contributed by atoms with Gasteiger partial charge in [0.05, 0.1) is 11.4 Å². The summed E-state index contributed by atoms with van der Waals surface area (Å²) >= 11 is 7.73. The van der Waals surface area contributed by atoms with Crippen molar-refractivity contribution in [2.45, 2.75) is 0 Å². The minimum atomic E-state index is 0.727. The number of hydrogen-bond acceptors (Lipinski definition) is 3. The van der Waals surface area contributed by atoms with Gasteiger partial charge in [0.15, 0.2) is 0 Å². The first-order valence-corrected chi connectivity index (χ1v) is 6.17. The molecule has 0 saturated carbocycles. The zero-order valence-electron chi connectivity index (χ0n) is 8.46. The van der Waals surface area contributed by atoms with Gasteiger partial charge in [-0.25, -0.2) is 0 Å². The van der Waals surface area contributed by atoms with Crippen LogP contribution < -0.4 is 10.6 Å². The molecule has 14 heavy (non-hydrogen) atoms. The maximum absolute atomic E-state index is 5.91. The Hall–Kier alpha value is -0.540. The average Bonchev–Trinajstić information content (AvgIpc) is 2.18. The Morgan fingerprint density at radius 3 is 2.86 bits per heavy atom. The third kappa shape index (κ3) is 3.00. The summed E-state index contributed by atoms with van der Waals surface area (Å²) in [7, 11) is 2.03. The number of nitrogens with zero attached hydrogens (tertiary/aromatic N) is 1. The van der Waals surface area contributed by atoms with E-state index in [-0.39, 0.29) is 0 Å². The third-order valence-electron chi connectivity index (χ3n) is 2.03. The van der Waals surface area contributed by atoms with Gasteiger partial charge in [-0.1, -0.05) is 11.6 Å². The molecule has 0 aliphatic carbocycles. The highest BCUT2D eigenvalue weighted by molar-refractivity contribution is 7.98. The van der Waals surface area contributed by atoms with Crippen molar-refractivity contribution < 1.29 is 0 Å². The van der Waals surface area contributed by atoms with Crippen molar-refractivity contribution in [2.75, 3.05) is 36.2 Å². The lowest BCUT2D eigenvalue weighted by atomic mass is 10.2. The normalized spacial score (nSPS) is 10.2. The van der Waals surface area contributed by atoms with Crippen molar-refractivity contribution >= 4 is 34.7 Å². The van der Waals surface area contributed by atoms with E-state index in [2.05, 4.69) is 11.2 Å². The van der Waals surface area contributed by atoms with Crippen LogP contribution in [0.4, 0.5) is 11.4 Å². The van der Waals surface area contributed by atoms with Crippen LogP contribution >= 0.6 is 23.4 Å². The van der Waals surface area contributed by atoms with Gasteiger partial charge in [0.2, 0.25) is 0 Å². The second-order valence-electron chi connectivity index (χ2n) is 3.12. The topological polar surface area (TPSA) is 29.3 Å². The first-order chi connectivity index (χ1) is 6.65. The fourth-order valence-electron chi connectivity index (χ4n) is 1.20. The maximum Gasteiger partial charge on any atom is 0.0612 e. The number of halogens is 1. The second kappa shape index (κ2) is 5.37. The van der Waals surface area contributed by atoms with Crippen LogP contribution in [0, 0.1) is 0 Å². The molecule has 1 rings (SSSR count). The highest BCUT2D eigenvalue weighted by atomic mass is 35.5. The molecule has 4 heteroatoms. The van der Waals surface area contributed by atoms with Crippen LogP contribution in [0.2, 0.25) is 5.02 Å². The van der Waals surface area contributed by atoms with E-state index in [1.807, 2.05) is 37.0 Å². The molecule has 0 saturated heterocycles. The predicted octanol–water partition coefficient (Wildman–Crippen LogP) is 2.72. The molecule has 2 nitrogen and oxygen atoms in total. The molecule has 0 bridgehead atoms. The summed E-state index contributed by atoms with van der Waals surface area (Å²) in [6.07, 6.45) is 2.09. The fraction of sp³-hybridized carbons (Fsp3) is 0.400. The molecule has 1 aromatic carbocycles. The minimum absolute atomic E-state index is 0.727. The van der Waals surface area contributed by atoms with Crippen molar-refractivity contribution in [2.24, 2.45) is 0 Å². The van der Waals surface area contributed by atoms with Gasteiger partial charge in [-0.3, -0.25) is 0 Å². The highest BCUT2D eigenvalue weighted by Gasteiger charge is 2.05. The Morgan fingerprint density at radius 1 is 1.50 bits per heavy atom. The van der Waals surface area contributed by atoms with Crippen molar-refractivity contribution in [3.05, 3.63) is 23.2 Å². The number of hydrogen-bond donors (Lipinski definition) is 1. The van der Waals surface area contributed by atoms with Crippen LogP contribution in [0.15, 0.2) is 18.2 Å². The zero-order chi connectivity index (χ0) is 10.6. The molecule has 0 aliphatic rings. The van der Waals surface area contributed by atoms with E-state index in [4.69, 9.17) is 17.3 Å². The lowest BCUT2D eigenvalue weighted by molar-refractivity contribution is 0.980. The molecule has 0 radical (unpaired) electrons. The summed E-state index contributed by atoms with van der Waals surface area (Å²) in [6.45, 7) is 0.978. The average molecular weight is 231 g/mol. The summed E-state index contributed by atoms with van der Waals surface area (Å²) in [5.74, 6) is 1.09. The van der Waals surface area contributed by atoms with Crippen LogP contribution in [0.3, 0.4) is 0 Å². The number of nitrogens with two attached hydrogens (primary N) is 1. The number of anilines is 2. The molecular formula is C10H15ClN2S. The second-order valence-corrected chi connectivity index (χ2v) is 4.54. The molecule has 0 heterocycles. The van der Waals surface area contributed by atoms with Crippen molar-refractivity contribution in [1.29, 1.82) is 0 Å². The van der Waals surface area contributed by atoms with E-state index in [1.165, 1.54) is 0 Å². The van der Waals surface area contributed by atoms with E-state index in [0.29, 0.717) is 0 Å². The molecule has 0 amide bonds. The Labute approximate surface area is 94.4 Å². The lowest BCUT2D eigenvalue weighted by Crippen LogP contribution is -2.21. The Kier molecular flexibility index (Phi) is 4.42. The van der Waals surface area contributed by atoms with Crippen LogP contribution in [-0.4, -0.2) is 25.6 Å². The highest BCUT2D eigenvalue weighted by Crippen LogP contribution is 2.25. The molecule has 0 spiro atoms. The SMILES string of the molecule is CSCCN(C)c1cc(Cl)ccc1N. The minimum Gasteiger partial charge on any atom is -0.397 e. The van der Waals surface area contributed by atoms with Crippen LogP contribution in [0.5, 0.6) is 0 Å². The third-order valence-corrected chi connectivity index (χ3v) is 2.86. The Balaban J connectivity index is 2.77. The molecule has 0 atom stereocenters. The van der Waals surface area contributed by atoms with Crippen molar-refractivity contribution in [3.8, 4) is 0 Å². The number of thioether (sulfide) groups is 1.